The highest BCUT2D eigenvalue weighted by atomic mass is 32.1. The van der Waals surface area contributed by atoms with Gasteiger partial charge in [-0.15, -0.1) is 11.3 Å². The lowest BCUT2D eigenvalue weighted by molar-refractivity contribution is 0.184. The van der Waals surface area contributed by atoms with E-state index in [0.717, 1.165) is 22.4 Å². The molecule has 0 amide bonds. The standard InChI is InChI=1S/C23H25N5OS/c1-24-23(27-14-20(29)22-12-19-4-2-3-5-21(19)30-22)26-13-17-6-8-18(9-7-17)15-28-11-10-25-16-28/h2-12,16,20,29H,13-15H2,1H3,(H2,24,26,27). The third kappa shape index (κ3) is 5.06. The number of aliphatic hydroxyl groups is 1. The van der Waals surface area contributed by atoms with E-state index in [2.05, 4.69) is 57.0 Å². The van der Waals surface area contributed by atoms with E-state index in [9.17, 15) is 5.11 Å². The Labute approximate surface area is 179 Å². The van der Waals surface area contributed by atoms with E-state index in [-0.39, 0.29) is 0 Å². The maximum Gasteiger partial charge on any atom is 0.191 e. The summed E-state index contributed by atoms with van der Waals surface area (Å²) in [6, 6.07) is 18.7. The molecule has 3 N–H and O–H groups in total. The Morgan fingerprint density at radius 1 is 1.13 bits per heavy atom. The molecule has 0 aliphatic carbocycles. The molecule has 1 atom stereocenters. The number of aromatic nitrogens is 2. The van der Waals surface area contributed by atoms with Crippen molar-refractivity contribution in [3.05, 3.63) is 89.3 Å². The average molecular weight is 420 g/mol. The molecule has 7 heteroatoms. The summed E-state index contributed by atoms with van der Waals surface area (Å²) in [6.45, 7) is 1.87. The highest BCUT2D eigenvalue weighted by Gasteiger charge is 2.12. The fourth-order valence-corrected chi connectivity index (χ4v) is 4.27. The van der Waals surface area contributed by atoms with Crippen LogP contribution in [0.25, 0.3) is 10.1 Å². The fraction of sp³-hybridized carbons (Fsp3) is 0.217. The minimum atomic E-state index is -0.580. The van der Waals surface area contributed by atoms with Crippen molar-refractivity contribution in [2.24, 2.45) is 4.99 Å². The van der Waals surface area contributed by atoms with Crippen LogP contribution in [0, 0.1) is 0 Å². The Morgan fingerprint density at radius 2 is 1.93 bits per heavy atom. The van der Waals surface area contributed by atoms with Gasteiger partial charge in [0, 0.05) is 48.7 Å². The van der Waals surface area contributed by atoms with E-state index < -0.39 is 6.10 Å². The van der Waals surface area contributed by atoms with E-state index in [4.69, 9.17) is 0 Å². The summed E-state index contributed by atoms with van der Waals surface area (Å²) in [6.07, 6.45) is 4.98. The molecule has 0 aliphatic rings. The van der Waals surface area contributed by atoms with Crippen molar-refractivity contribution in [2.45, 2.75) is 19.2 Å². The number of fused-ring (bicyclic) bond motifs is 1. The Hall–Kier alpha value is -3.16. The van der Waals surface area contributed by atoms with Crippen molar-refractivity contribution < 1.29 is 5.11 Å². The topological polar surface area (TPSA) is 74.5 Å². The van der Waals surface area contributed by atoms with Crippen LogP contribution in [0.1, 0.15) is 22.1 Å². The van der Waals surface area contributed by atoms with Crippen molar-refractivity contribution in [3.63, 3.8) is 0 Å². The largest absolute Gasteiger partial charge is 0.386 e. The minimum absolute atomic E-state index is 0.399. The molecule has 0 bridgehead atoms. The zero-order chi connectivity index (χ0) is 20.8. The van der Waals surface area contributed by atoms with Gasteiger partial charge in [-0.1, -0.05) is 42.5 Å². The highest BCUT2D eigenvalue weighted by molar-refractivity contribution is 7.19. The molecule has 0 spiro atoms. The van der Waals surface area contributed by atoms with Gasteiger partial charge in [-0.2, -0.15) is 0 Å². The molecular formula is C23H25N5OS. The van der Waals surface area contributed by atoms with E-state index in [1.165, 1.54) is 10.3 Å². The second-order valence-corrected chi connectivity index (χ2v) is 8.18. The number of aliphatic imine (C=N–C) groups is 1. The molecule has 4 aromatic rings. The maximum atomic E-state index is 10.5. The monoisotopic (exact) mass is 419 g/mol. The molecular weight excluding hydrogens is 394 g/mol. The quantitative estimate of drug-likeness (QED) is 0.316. The number of benzene rings is 2. The molecule has 0 fully saturated rings. The molecule has 1 unspecified atom stereocenters. The Bertz CT molecular complexity index is 1070. The highest BCUT2D eigenvalue weighted by Crippen LogP contribution is 2.29. The lowest BCUT2D eigenvalue weighted by atomic mass is 10.1. The Morgan fingerprint density at radius 3 is 2.67 bits per heavy atom. The smallest absolute Gasteiger partial charge is 0.191 e. The lowest BCUT2D eigenvalue weighted by Gasteiger charge is -2.15. The number of nitrogens with one attached hydrogen (secondary N) is 2. The van der Waals surface area contributed by atoms with Gasteiger partial charge in [-0.05, 0) is 28.6 Å². The second kappa shape index (κ2) is 9.56. The van der Waals surface area contributed by atoms with Gasteiger partial charge in [-0.3, -0.25) is 4.99 Å². The van der Waals surface area contributed by atoms with Crippen LogP contribution in [0.3, 0.4) is 0 Å². The first-order valence-corrected chi connectivity index (χ1v) is 10.7. The molecule has 0 saturated carbocycles. The molecule has 154 valence electrons. The predicted molar refractivity (Wildman–Crippen MR) is 123 cm³/mol. The summed E-state index contributed by atoms with van der Waals surface area (Å²) in [5.74, 6) is 0.664. The predicted octanol–water partition coefficient (Wildman–Crippen LogP) is 3.54. The van der Waals surface area contributed by atoms with Crippen LogP contribution < -0.4 is 10.6 Å². The Kier molecular flexibility index (Phi) is 6.41. The SMILES string of the molecule is CN=C(NCc1ccc(Cn2ccnc2)cc1)NCC(O)c1cc2ccccc2s1. The number of thiophene rings is 1. The number of rotatable bonds is 7. The molecule has 2 aromatic carbocycles. The molecule has 2 aromatic heterocycles. The summed E-state index contributed by atoms with van der Waals surface area (Å²) in [7, 11) is 1.73. The summed E-state index contributed by atoms with van der Waals surface area (Å²) in [5, 5.41) is 18.2. The van der Waals surface area contributed by atoms with E-state index in [1.54, 1.807) is 24.6 Å². The zero-order valence-corrected chi connectivity index (χ0v) is 17.6. The third-order valence-electron chi connectivity index (χ3n) is 4.87. The van der Waals surface area contributed by atoms with Crippen LogP contribution in [0.15, 0.2) is 78.3 Å². The number of imidazole rings is 1. The molecule has 0 radical (unpaired) electrons. The van der Waals surface area contributed by atoms with Gasteiger partial charge >= 0.3 is 0 Å². The fourth-order valence-electron chi connectivity index (χ4n) is 3.22. The van der Waals surface area contributed by atoms with Crippen molar-refractivity contribution in [1.82, 2.24) is 20.2 Å². The number of hydrogen-bond donors (Lipinski definition) is 3. The first-order chi connectivity index (χ1) is 14.7. The van der Waals surface area contributed by atoms with Gasteiger partial charge in [0.15, 0.2) is 5.96 Å². The molecule has 0 saturated heterocycles. The summed E-state index contributed by atoms with van der Waals surface area (Å²) >= 11 is 1.62. The van der Waals surface area contributed by atoms with Gasteiger partial charge in [0.25, 0.3) is 0 Å². The van der Waals surface area contributed by atoms with Crippen LogP contribution >= 0.6 is 11.3 Å². The first kappa shape index (κ1) is 20.1. The number of hydrogen-bond acceptors (Lipinski definition) is 4. The van der Waals surface area contributed by atoms with E-state index >= 15 is 0 Å². The van der Waals surface area contributed by atoms with Crippen LogP contribution in [-0.2, 0) is 13.1 Å². The molecule has 2 heterocycles. The van der Waals surface area contributed by atoms with Crippen molar-refractivity contribution in [3.8, 4) is 0 Å². The zero-order valence-electron chi connectivity index (χ0n) is 16.8. The van der Waals surface area contributed by atoms with Gasteiger partial charge in [0.2, 0.25) is 0 Å². The van der Waals surface area contributed by atoms with Gasteiger partial charge in [-0.25, -0.2) is 4.98 Å². The van der Waals surface area contributed by atoms with Crippen LogP contribution in [0.2, 0.25) is 0 Å². The van der Waals surface area contributed by atoms with Gasteiger partial charge in [0.05, 0.1) is 6.33 Å². The van der Waals surface area contributed by atoms with E-state index in [1.807, 2.05) is 35.3 Å². The van der Waals surface area contributed by atoms with Crippen LogP contribution in [0.5, 0.6) is 0 Å². The summed E-state index contributed by atoms with van der Waals surface area (Å²) in [5.41, 5.74) is 2.39. The minimum Gasteiger partial charge on any atom is -0.386 e. The maximum absolute atomic E-state index is 10.5. The number of aliphatic hydroxyl groups excluding tert-OH is 1. The Balaban J connectivity index is 1.27. The third-order valence-corrected chi connectivity index (χ3v) is 6.08. The van der Waals surface area contributed by atoms with Crippen molar-refractivity contribution >= 4 is 27.4 Å². The van der Waals surface area contributed by atoms with Gasteiger partial charge in [0.1, 0.15) is 6.10 Å². The summed E-state index contributed by atoms with van der Waals surface area (Å²) < 4.78 is 3.23. The molecule has 0 aliphatic heterocycles. The van der Waals surface area contributed by atoms with Crippen molar-refractivity contribution in [1.29, 1.82) is 0 Å². The summed E-state index contributed by atoms with van der Waals surface area (Å²) in [4.78, 5) is 9.28. The molecule has 4 rings (SSSR count). The second-order valence-electron chi connectivity index (χ2n) is 7.06. The first-order valence-electron chi connectivity index (χ1n) is 9.86. The number of guanidine groups is 1. The van der Waals surface area contributed by atoms with Crippen LogP contribution in [-0.4, -0.2) is 34.2 Å². The normalized spacial score (nSPS) is 12.8. The molecule has 6 nitrogen and oxygen atoms in total. The van der Waals surface area contributed by atoms with Gasteiger partial charge < -0.3 is 20.3 Å². The van der Waals surface area contributed by atoms with Crippen LogP contribution in [0.4, 0.5) is 0 Å². The molecule has 30 heavy (non-hydrogen) atoms. The lowest BCUT2D eigenvalue weighted by Crippen LogP contribution is -2.38. The van der Waals surface area contributed by atoms with Crippen molar-refractivity contribution in [2.75, 3.05) is 13.6 Å². The number of nitrogens with zero attached hydrogens (tertiary/aromatic N) is 3. The average Bonchev–Trinajstić information content (AvgIpc) is 3.44. The van der Waals surface area contributed by atoms with E-state index in [0.29, 0.717) is 19.0 Å².